The molecule has 5 nitrogen and oxygen atoms in total. The van der Waals surface area contributed by atoms with Crippen molar-refractivity contribution in [3.05, 3.63) is 18.1 Å². The molecule has 0 amide bonds. The van der Waals surface area contributed by atoms with Gasteiger partial charge in [0.2, 0.25) is 5.88 Å². The zero-order chi connectivity index (χ0) is 11.7. The number of methoxy groups -OCH3 is 1. The number of ether oxygens (including phenoxy) is 2. The van der Waals surface area contributed by atoms with Crippen LogP contribution in [-0.4, -0.2) is 36.6 Å². The van der Waals surface area contributed by atoms with Crippen molar-refractivity contribution >= 4 is 6.29 Å². The molecule has 0 bridgehead atoms. The highest BCUT2D eigenvalue weighted by atomic mass is 16.5. The first kappa shape index (κ1) is 13.5. The molecule has 0 N–H and O–H groups in total. The van der Waals surface area contributed by atoms with Gasteiger partial charge in [0, 0.05) is 26.5 Å². The Labute approximate surface area is 89.5 Å². The summed E-state index contributed by atoms with van der Waals surface area (Å²) in [4.78, 5) is 17.8. The van der Waals surface area contributed by atoms with E-state index < -0.39 is 0 Å². The molecule has 1 rings (SSSR count). The van der Waals surface area contributed by atoms with Gasteiger partial charge in [-0.15, -0.1) is 0 Å². The molecule has 0 fully saturated rings. The second-order valence-corrected chi connectivity index (χ2v) is 2.95. The first-order chi connectivity index (χ1) is 7.13. The number of hydrogen-bond acceptors (Lipinski definition) is 5. The van der Waals surface area contributed by atoms with E-state index in [0.29, 0.717) is 12.2 Å². The summed E-state index contributed by atoms with van der Waals surface area (Å²) in [6.07, 6.45) is 2.14. The smallest absolute Gasteiger partial charge is 0.217 e. The Balaban J connectivity index is 0.000000583. The highest BCUT2D eigenvalue weighted by Gasteiger charge is 2.00. The van der Waals surface area contributed by atoms with Crippen molar-refractivity contribution in [2.45, 2.75) is 20.0 Å². The van der Waals surface area contributed by atoms with E-state index in [1.54, 1.807) is 20.3 Å². The fourth-order valence-electron chi connectivity index (χ4n) is 0.720. The van der Waals surface area contributed by atoms with Gasteiger partial charge in [0.05, 0.1) is 6.10 Å². The Bertz CT molecular complexity index is 290. The van der Waals surface area contributed by atoms with Crippen LogP contribution in [0.25, 0.3) is 0 Å². The van der Waals surface area contributed by atoms with E-state index in [1.165, 1.54) is 6.20 Å². The van der Waals surface area contributed by atoms with Gasteiger partial charge in [-0.1, -0.05) is 0 Å². The molecule has 0 saturated heterocycles. The van der Waals surface area contributed by atoms with Gasteiger partial charge in [-0.25, -0.2) is 4.98 Å². The van der Waals surface area contributed by atoms with Crippen molar-refractivity contribution in [2.75, 3.05) is 14.2 Å². The number of nitrogens with zero attached hydrogens (tertiary/aromatic N) is 2. The van der Waals surface area contributed by atoms with Crippen LogP contribution in [-0.2, 0) is 4.74 Å². The zero-order valence-electron chi connectivity index (χ0n) is 9.43. The van der Waals surface area contributed by atoms with E-state index >= 15 is 0 Å². The molecule has 0 atom stereocenters. The molecule has 1 heterocycles. The molecular formula is C10H16N2O3. The number of aromatic nitrogens is 2. The highest BCUT2D eigenvalue weighted by Crippen LogP contribution is 2.05. The lowest BCUT2D eigenvalue weighted by Crippen LogP contribution is -2.07. The number of carbonyl (C=O) groups is 1. The van der Waals surface area contributed by atoms with Crippen LogP contribution in [0.1, 0.15) is 24.5 Å². The summed E-state index contributed by atoms with van der Waals surface area (Å²) in [5, 5.41) is 0. The van der Waals surface area contributed by atoms with E-state index in [1.807, 2.05) is 13.8 Å². The standard InChI is InChI=1S/C8H10N2O2.C2H6O/c1-6(2)12-8-3-4-9-7(5-11)10-8;1-3-2/h3-6H,1-2H3;1-2H3. The van der Waals surface area contributed by atoms with Gasteiger partial charge in [-0.3, -0.25) is 4.79 Å². The molecule has 0 aliphatic heterocycles. The third-order valence-corrected chi connectivity index (χ3v) is 1.11. The van der Waals surface area contributed by atoms with Crippen LogP contribution in [0.3, 0.4) is 0 Å². The lowest BCUT2D eigenvalue weighted by molar-refractivity contribution is 0.111. The molecule has 84 valence electrons. The monoisotopic (exact) mass is 212 g/mol. The normalized spacial score (nSPS) is 9.13. The topological polar surface area (TPSA) is 61.3 Å². The average Bonchev–Trinajstić information content (AvgIpc) is 2.18. The van der Waals surface area contributed by atoms with E-state index in [-0.39, 0.29) is 11.9 Å². The maximum Gasteiger partial charge on any atom is 0.217 e. The fourth-order valence-corrected chi connectivity index (χ4v) is 0.720. The summed E-state index contributed by atoms with van der Waals surface area (Å²) in [7, 11) is 3.25. The Morgan fingerprint density at radius 2 is 2.00 bits per heavy atom. The molecule has 1 aromatic rings. The second kappa shape index (κ2) is 7.87. The first-order valence-electron chi connectivity index (χ1n) is 4.49. The minimum atomic E-state index is 0.0550. The fraction of sp³-hybridized carbons (Fsp3) is 0.500. The summed E-state index contributed by atoms with van der Waals surface area (Å²) in [5.74, 6) is 0.579. The molecule has 0 aliphatic rings. The largest absolute Gasteiger partial charge is 0.475 e. The number of aldehydes is 1. The van der Waals surface area contributed by atoms with Gasteiger partial charge in [-0.05, 0) is 13.8 Å². The Hall–Kier alpha value is -1.49. The van der Waals surface area contributed by atoms with Crippen molar-refractivity contribution < 1.29 is 14.3 Å². The van der Waals surface area contributed by atoms with E-state index in [9.17, 15) is 4.79 Å². The predicted molar refractivity (Wildman–Crippen MR) is 56.1 cm³/mol. The molecule has 0 saturated carbocycles. The molecule has 0 aliphatic carbocycles. The lowest BCUT2D eigenvalue weighted by atomic mass is 10.5. The second-order valence-electron chi connectivity index (χ2n) is 2.95. The molecule has 0 spiro atoms. The maximum absolute atomic E-state index is 10.3. The molecule has 15 heavy (non-hydrogen) atoms. The summed E-state index contributed by atoms with van der Waals surface area (Å²) < 4.78 is 9.50. The van der Waals surface area contributed by atoms with Crippen LogP contribution in [0.4, 0.5) is 0 Å². The van der Waals surface area contributed by atoms with Gasteiger partial charge in [0.1, 0.15) is 0 Å². The van der Waals surface area contributed by atoms with Gasteiger partial charge >= 0.3 is 0 Å². The third kappa shape index (κ3) is 6.56. The van der Waals surface area contributed by atoms with E-state index in [0.717, 1.165) is 0 Å². The van der Waals surface area contributed by atoms with Crippen molar-refractivity contribution in [1.29, 1.82) is 0 Å². The Morgan fingerprint density at radius 1 is 1.40 bits per heavy atom. The minimum absolute atomic E-state index is 0.0550. The van der Waals surface area contributed by atoms with Crippen LogP contribution in [0.15, 0.2) is 12.3 Å². The van der Waals surface area contributed by atoms with Crippen molar-refractivity contribution in [2.24, 2.45) is 0 Å². The molecule has 0 unspecified atom stereocenters. The molecular weight excluding hydrogens is 196 g/mol. The summed E-state index contributed by atoms with van der Waals surface area (Å²) in [5.41, 5.74) is 0. The number of rotatable bonds is 3. The summed E-state index contributed by atoms with van der Waals surface area (Å²) in [6, 6.07) is 1.62. The summed E-state index contributed by atoms with van der Waals surface area (Å²) >= 11 is 0. The van der Waals surface area contributed by atoms with Crippen molar-refractivity contribution in [3.63, 3.8) is 0 Å². The van der Waals surface area contributed by atoms with E-state index in [4.69, 9.17) is 4.74 Å². The first-order valence-corrected chi connectivity index (χ1v) is 4.49. The van der Waals surface area contributed by atoms with Gasteiger partial charge < -0.3 is 9.47 Å². The van der Waals surface area contributed by atoms with Crippen LogP contribution in [0.2, 0.25) is 0 Å². The van der Waals surface area contributed by atoms with E-state index in [2.05, 4.69) is 14.7 Å². The van der Waals surface area contributed by atoms with Crippen molar-refractivity contribution in [1.82, 2.24) is 9.97 Å². The van der Waals surface area contributed by atoms with Gasteiger partial charge in [0.25, 0.3) is 0 Å². The van der Waals surface area contributed by atoms with Crippen LogP contribution < -0.4 is 4.74 Å². The van der Waals surface area contributed by atoms with Crippen molar-refractivity contribution in [3.8, 4) is 5.88 Å². The molecule has 5 heteroatoms. The molecule has 0 aromatic carbocycles. The molecule has 1 aromatic heterocycles. The summed E-state index contributed by atoms with van der Waals surface area (Å²) in [6.45, 7) is 3.78. The predicted octanol–water partition coefficient (Wildman–Crippen LogP) is 1.34. The lowest BCUT2D eigenvalue weighted by Gasteiger charge is -2.07. The van der Waals surface area contributed by atoms with Gasteiger partial charge in [-0.2, -0.15) is 4.98 Å². The quantitative estimate of drug-likeness (QED) is 0.707. The average molecular weight is 212 g/mol. The van der Waals surface area contributed by atoms with Gasteiger partial charge in [0.15, 0.2) is 12.1 Å². The Morgan fingerprint density at radius 3 is 2.47 bits per heavy atom. The SMILES string of the molecule is CC(C)Oc1ccnc(C=O)n1.COC. The number of hydrogen-bond donors (Lipinski definition) is 0. The van der Waals surface area contributed by atoms with Crippen LogP contribution >= 0.6 is 0 Å². The van der Waals surface area contributed by atoms with Crippen LogP contribution in [0.5, 0.6) is 5.88 Å². The number of carbonyl (C=O) groups excluding carboxylic acids is 1. The maximum atomic E-state index is 10.3. The highest BCUT2D eigenvalue weighted by molar-refractivity contribution is 5.68. The third-order valence-electron chi connectivity index (χ3n) is 1.11. The Kier molecular flexibility index (Phi) is 7.09. The zero-order valence-corrected chi connectivity index (χ0v) is 9.43. The minimum Gasteiger partial charge on any atom is -0.475 e. The molecule has 0 radical (unpaired) electrons. The van der Waals surface area contributed by atoms with Crippen LogP contribution in [0, 0.1) is 0 Å².